The molecule has 3 aromatic heterocycles. The molecule has 164 valence electrons. The molecule has 0 amide bonds. The number of aromatic nitrogens is 6. The highest BCUT2D eigenvalue weighted by Gasteiger charge is 2.26. The number of hydrogen-bond donors (Lipinski definition) is 0. The molecule has 0 fully saturated rings. The van der Waals surface area contributed by atoms with E-state index in [0.29, 0.717) is 16.8 Å². The van der Waals surface area contributed by atoms with Gasteiger partial charge in [-0.2, -0.15) is 4.98 Å². The maximum Gasteiger partial charge on any atom is 0.281 e. The van der Waals surface area contributed by atoms with Crippen LogP contribution in [-0.4, -0.2) is 30.1 Å². The molecule has 10 heteroatoms. The van der Waals surface area contributed by atoms with E-state index in [4.69, 9.17) is 4.52 Å². The van der Waals surface area contributed by atoms with Gasteiger partial charge in [0.2, 0.25) is 5.82 Å². The average molecular weight is 448 g/mol. The summed E-state index contributed by atoms with van der Waals surface area (Å²) in [5.74, 6) is -3.39. The van der Waals surface area contributed by atoms with Crippen LogP contribution in [0, 0.1) is 5.82 Å². The van der Waals surface area contributed by atoms with Crippen molar-refractivity contribution in [2.45, 2.75) is 12.8 Å². The van der Waals surface area contributed by atoms with E-state index in [1.165, 1.54) is 28.9 Å². The Hall–Kier alpha value is -4.34. The number of halogens is 3. The lowest BCUT2D eigenvalue weighted by atomic mass is 10.1. The zero-order valence-corrected chi connectivity index (χ0v) is 17.2. The van der Waals surface area contributed by atoms with Gasteiger partial charge in [0.15, 0.2) is 5.69 Å². The van der Waals surface area contributed by atoms with Gasteiger partial charge in [-0.25, -0.2) is 17.9 Å². The predicted octanol–water partition coefficient (Wildman–Crippen LogP) is 5.30. The van der Waals surface area contributed by atoms with Crippen LogP contribution in [0.3, 0.4) is 0 Å². The maximum absolute atomic E-state index is 14.5. The molecule has 33 heavy (non-hydrogen) atoms. The molecule has 5 aromatic rings. The summed E-state index contributed by atoms with van der Waals surface area (Å²) in [7, 11) is 0. The monoisotopic (exact) mass is 448 g/mol. The average Bonchev–Trinajstić information content (AvgIpc) is 3.47. The van der Waals surface area contributed by atoms with Crippen LogP contribution in [0.25, 0.3) is 39.9 Å². The van der Waals surface area contributed by atoms with Crippen LogP contribution in [0.15, 0.2) is 77.6 Å². The van der Waals surface area contributed by atoms with E-state index >= 15 is 0 Å². The van der Waals surface area contributed by atoms with Crippen LogP contribution in [-0.2, 0) is 5.92 Å². The van der Waals surface area contributed by atoms with Crippen LogP contribution in [0.4, 0.5) is 13.2 Å². The number of alkyl halides is 2. The summed E-state index contributed by atoms with van der Waals surface area (Å²) >= 11 is 0. The molecule has 7 nitrogen and oxygen atoms in total. The Labute approximate surface area is 185 Å². The fourth-order valence-electron chi connectivity index (χ4n) is 3.36. The van der Waals surface area contributed by atoms with Crippen molar-refractivity contribution in [2.24, 2.45) is 0 Å². The molecule has 0 unspecified atom stereocenters. The third kappa shape index (κ3) is 3.86. The fourth-order valence-corrected chi connectivity index (χ4v) is 3.36. The first-order chi connectivity index (χ1) is 15.9. The van der Waals surface area contributed by atoms with Crippen LogP contribution in [0.1, 0.15) is 12.5 Å². The van der Waals surface area contributed by atoms with E-state index in [2.05, 4.69) is 25.4 Å². The van der Waals surface area contributed by atoms with Gasteiger partial charge >= 0.3 is 0 Å². The van der Waals surface area contributed by atoms with Crippen molar-refractivity contribution in [1.82, 2.24) is 30.1 Å². The summed E-state index contributed by atoms with van der Waals surface area (Å²) in [5.41, 5.74) is 1.62. The molecule has 0 radical (unpaired) electrons. The van der Waals surface area contributed by atoms with Crippen molar-refractivity contribution in [3.05, 3.63) is 84.4 Å². The van der Waals surface area contributed by atoms with E-state index < -0.39 is 11.7 Å². The van der Waals surface area contributed by atoms with Gasteiger partial charge in [-0.1, -0.05) is 40.7 Å². The van der Waals surface area contributed by atoms with Gasteiger partial charge in [-0.3, -0.25) is 4.98 Å². The van der Waals surface area contributed by atoms with Gasteiger partial charge in [-0.05, 0) is 30.3 Å². The van der Waals surface area contributed by atoms with Gasteiger partial charge in [0.05, 0.1) is 0 Å². The number of rotatable bonds is 5. The fraction of sp³-hybridized carbons (Fsp3) is 0.0870. The van der Waals surface area contributed by atoms with Crippen LogP contribution in [0.5, 0.6) is 0 Å². The number of hydrogen-bond acceptors (Lipinski definition) is 6. The molecule has 0 aliphatic rings. The molecular formula is C23H15F3N6O. The first-order valence-electron chi connectivity index (χ1n) is 9.85. The Balaban J connectivity index is 1.63. The normalized spacial score (nSPS) is 11.6. The summed E-state index contributed by atoms with van der Waals surface area (Å²) in [6.07, 6.45) is 3.15. The quantitative estimate of drug-likeness (QED) is 0.363. The molecule has 5 rings (SSSR count). The van der Waals surface area contributed by atoms with Gasteiger partial charge in [0.1, 0.15) is 17.2 Å². The Kier molecular flexibility index (Phi) is 4.97. The summed E-state index contributed by atoms with van der Waals surface area (Å²) in [4.78, 5) is 8.35. The number of pyridine rings is 1. The number of nitrogens with zero attached hydrogens (tertiary/aromatic N) is 6. The van der Waals surface area contributed by atoms with E-state index in [9.17, 15) is 13.2 Å². The third-order valence-electron chi connectivity index (χ3n) is 4.96. The summed E-state index contributed by atoms with van der Waals surface area (Å²) in [5, 5.41) is 12.2. The Morgan fingerprint density at radius 3 is 2.48 bits per heavy atom. The molecular weight excluding hydrogens is 433 g/mol. The molecule has 0 N–H and O–H groups in total. The minimum Gasteiger partial charge on any atom is -0.332 e. The highest BCUT2D eigenvalue weighted by atomic mass is 19.3. The van der Waals surface area contributed by atoms with Gasteiger partial charge in [0, 0.05) is 36.0 Å². The third-order valence-corrected chi connectivity index (χ3v) is 4.96. The highest BCUT2D eigenvalue weighted by molar-refractivity contribution is 5.76. The van der Waals surface area contributed by atoms with Gasteiger partial charge < -0.3 is 4.52 Å². The lowest BCUT2D eigenvalue weighted by Gasteiger charge is -2.10. The molecule has 0 aliphatic carbocycles. The van der Waals surface area contributed by atoms with E-state index in [-0.39, 0.29) is 28.7 Å². The second-order valence-corrected chi connectivity index (χ2v) is 7.28. The van der Waals surface area contributed by atoms with Crippen molar-refractivity contribution < 1.29 is 17.7 Å². The second kappa shape index (κ2) is 7.97. The standard InChI is InChI=1S/C23H15F3N6O/c1-23(25,26)16-6-4-5-15(13-16)21-28-22(33-30-21)19-20(14-9-11-27-12-10-14)32(31-29-19)18-8-3-2-7-17(18)24/h2-13H,1H3. The number of para-hydroxylation sites is 1. The molecule has 3 heterocycles. The van der Waals surface area contributed by atoms with Gasteiger partial charge in [0.25, 0.3) is 11.8 Å². The van der Waals surface area contributed by atoms with Crippen molar-refractivity contribution >= 4 is 0 Å². The second-order valence-electron chi connectivity index (χ2n) is 7.28. The van der Waals surface area contributed by atoms with Crippen molar-refractivity contribution in [1.29, 1.82) is 0 Å². The summed E-state index contributed by atoms with van der Waals surface area (Å²) < 4.78 is 48.7. The van der Waals surface area contributed by atoms with E-state index in [1.807, 2.05) is 0 Å². The molecule has 0 aliphatic heterocycles. The Morgan fingerprint density at radius 1 is 0.939 bits per heavy atom. The smallest absolute Gasteiger partial charge is 0.281 e. The zero-order valence-electron chi connectivity index (χ0n) is 17.2. The van der Waals surface area contributed by atoms with Crippen LogP contribution < -0.4 is 0 Å². The molecule has 0 atom stereocenters. The molecule has 0 bridgehead atoms. The lowest BCUT2D eigenvalue weighted by molar-refractivity contribution is 0.0175. The minimum absolute atomic E-state index is 0.00747. The molecule has 2 aromatic carbocycles. The maximum atomic E-state index is 14.5. The van der Waals surface area contributed by atoms with Crippen molar-refractivity contribution in [3.63, 3.8) is 0 Å². The number of benzene rings is 2. The Bertz CT molecular complexity index is 1430. The molecule has 0 spiro atoms. The molecule has 0 saturated carbocycles. The zero-order chi connectivity index (χ0) is 23.0. The Morgan fingerprint density at radius 2 is 1.73 bits per heavy atom. The molecule has 0 saturated heterocycles. The van der Waals surface area contributed by atoms with Crippen molar-refractivity contribution in [3.8, 4) is 39.9 Å². The van der Waals surface area contributed by atoms with E-state index in [0.717, 1.165) is 6.92 Å². The van der Waals surface area contributed by atoms with Crippen molar-refractivity contribution in [2.75, 3.05) is 0 Å². The van der Waals surface area contributed by atoms with Crippen LogP contribution in [0.2, 0.25) is 0 Å². The topological polar surface area (TPSA) is 82.5 Å². The van der Waals surface area contributed by atoms with Gasteiger partial charge in [-0.15, -0.1) is 5.10 Å². The lowest BCUT2D eigenvalue weighted by Crippen LogP contribution is -2.06. The summed E-state index contributed by atoms with van der Waals surface area (Å²) in [6, 6.07) is 15.3. The SMILES string of the molecule is CC(F)(F)c1cccc(-c2noc(-c3nnn(-c4ccccc4F)c3-c3ccncc3)n2)c1. The first-order valence-corrected chi connectivity index (χ1v) is 9.85. The summed E-state index contributed by atoms with van der Waals surface area (Å²) in [6.45, 7) is 0.815. The highest BCUT2D eigenvalue weighted by Crippen LogP contribution is 2.34. The predicted molar refractivity (Wildman–Crippen MR) is 113 cm³/mol. The largest absolute Gasteiger partial charge is 0.332 e. The first kappa shape index (κ1) is 20.6. The van der Waals surface area contributed by atoms with Crippen LogP contribution >= 0.6 is 0 Å². The minimum atomic E-state index is -3.01. The van der Waals surface area contributed by atoms with E-state index in [1.54, 1.807) is 48.8 Å².